The number of ether oxygens (including phenoxy) is 1. The van der Waals surface area contributed by atoms with Crippen molar-refractivity contribution in [2.45, 2.75) is 19.1 Å². The van der Waals surface area contributed by atoms with Crippen LogP contribution in [0.5, 0.6) is 0 Å². The van der Waals surface area contributed by atoms with Crippen LogP contribution >= 0.6 is 11.6 Å². The number of nitrogens with zero attached hydrogens (tertiary/aromatic N) is 2. The van der Waals surface area contributed by atoms with Crippen molar-refractivity contribution in [2.24, 2.45) is 0 Å². The molecule has 0 aliphatic rings. The van der Waals surface area contributed by atoms with E-state index in [0.717, 1.165) is 0 Å². The number of hydrogen-bond acceptors (Lipinski definition) is 3. The van der Waals surface area contributed by atoms with Crippen molar-refractivity contribution < 1.29 is 14.2 Å². The molecule has 6 heteroatoms. The summed E-state index contributed by atoms with van der Waals surface area (Å²) in [6, 6.07) is 6.06. The maximum Gasteiger partial charge on any atom is 0.133 e. The van der Waals surface area contributed by atoms with Gasteiger partial charge in [0.1, 0.15) is 11.4 Å². The first-order valence-corrected chi connectivity index (χ1v) is 6.54. The number of methoxy groups -OCH3 is 1. The molecule has 4 nitrogen and oxygen atoms in total. The Morgan fingerprint density at radius 1 is 1.45 bits per heavy atom. The van der Waals surface area contributed by atoms with E-state index in [4.69, 9.17) is 16.3 Å². The zero-order chi connectivity index (χ0) is 14.8. The van der Waals surface area contributed by atoms with Crippen molar-refractivity contribution in [3.8, 4) is 0 Å². The Labute approximate surface area is 121 Å². The van der Waals surface area contributed by atoms with Crippen molar-refractivity contribution in [1.82, 2.24) is 9.78 Å². The van der Waals surface area contributed by atoms with Gasteiger partial charge >= 0.3 is 0 Å². The van der Waals surface area contributed by atoms with E-state index in [2.05, 4.69) is 5.10 Å². The van der Waals surface area contributed by atoms with E-state index in [1.807, 2.05) is 0 Å². The number of aliphatic hydroxyl groups is 1. The molecule has 108 valence electrons. The molecule has 0 saturated carbocycles. The lowest BCUT2D eigenvalue weighted by Gasteiger charge is -2.26. The number of aromatic nitrogens is 2. The third-order valence-corrected chi connectivity index (χ3v) is 3.44. The standard InChI is InChI=1S/C14H16ClFN2O2/c1-14(19,10-5-3-4-6-12(10)16)13-11(15)9-17-18(13)7-8-20-2/h3-6,9,19H,7-8H2,1-2H3. The molecule has 0 amide bonds. The van der Waals surface area contributed by atoms with Crippen LogP contribution in [0.25, 0.3) is 0 Å². The van der Waals surface area contributed by atoms with E-state index in [1.54, 1.807) is 19.2 Å². The van der Waals surface area contributed by atoms with Crippen LogP contribution in [0.2, 0.25) is 5.02 Å². The molecule has 2 aromatic rings. The van der Waals surface area contributed by atoms with E-state index in [9.17, 15) is 9.50 Å². The quantitative estimate of drug-likeness (QED) is 0.923. The first-order chi connectivity index (χ1) is 9.48. The molecule has 1 N–H and O–H groups in total. The van der Waals surface area contributed by atoms with E-state index < -0.39 is 11.4 Å². The molecule has 0 fully saturated rings. The highest BCUT2D eigenvalue weighted by Gasteiger charge is 2.34. The summed E-state index contributed by atoms with van der Waals surface area (Å²) in [5.41, 5.74) is -1.07. The fourth-order valence-electron chi connectivity index (χ4n) is 2.18. The Bertz CT molecular complexity index is 599. The molecule has 1 aromatic heterocycles. The summed E-state index contributed by atoms with van der Waals surface area (Å²) in [4.78, 5) is 0. The third kappa shape index (κ3) is 2.70. The van der Waals surface area contributed by atoms with Crippen molar-refractivity contribution >= 4 is 11.6 Å². The van der Waals surface area contributed by atoms with Crippen molar-refractivity contribution in [3.05, 3.63) is 52.6 Å². The second-order valence-corrected chi connectivity index (χ2v) is 5.02. The highest BCUT2D eigenvalue weighted by Crippen LogP contribution is 2.35. The normalized spacial score (nSPS) is 14.2. The minimum atomic E-state index is -1.58. The van der Waals surface area contributed by atoms with Crippen LogP contribution in [0, 0.1) is 5.82 Å². The fourth-order valence-corrected chi connectivity index (χ4v) is 2.50. The molecular weight excluding hydrogens is 283 g/mol. The Morgan fingerprint density at radius 3 is 2.80 bits per heavy atom. The summed E-state index contributed by atoms with van der Waals surface area (Å²) in [7, 11) is 1.57. The average molecular weight is 299 g/mol. The smallest absolute Gasteiger partial charge is 0.133 e. The molecule has 0 radical (unpaired) electrons. The van der Waals surface area contributed by atoms with Gasteiger partial charge in [0.15, 0.2) is 0 Å². The van der Waals surface area contributed by atoms with Crippen LogP contribution in [0.4, 0.5) is 4.39 Å². The van der Waals surface area contributed by atoms with E-state index in [-0.39, 0.29) is 10.6 Å². The Kier molecular flexibility index (Phi) is 4.42. The summed E-state index contributed by atoms with van der Waals surface area (Å²) in [5, 5.41) is 15.1. The molecule has 1 aromatic carbocycles. The van der Waals surface area contributed by atoms with E-state index >= 15 is 0 Å². The molecule has 1 heterocycles. The summed E-state index contributed by atoms with van der Waals surface area (Å²) in [6.45, 7) is 2.33. The largest absolute Gasteiger partial charge is 0.383 e. The highest BCUT2D eigenvalue weighted by molar-refractivity contribution is 6.31. The van der Waals surface area contributed by atoms with Gasteiger partial charge in [0.25, 0.3) is 0 Å². The van der Waals surface area contributed by atoms with E-state index in [1.165, 1.54) is 29.9 Å². The predicted octanol–water partition coefficient (Wildman–Crippen LogP) is 2.58. The predicted molar refractivity (Wildman–Crippen MR) is 74.2 cm³/mol. The molecule has 0 aliphatic carbocycles. The van der Waals surface area contributed by atoms with Gasteiger partial charge in [0.05, 0.1) is 30.1 Å². The first-order valence-electron chi connectivity index (χ1n) is 6.16. The van der Waals surface area contributed by atoms with Crippen molar-refractivity contribution in [1.29, 1.82) is 0 Å². The lowest BCUT2D eigenvalue weighted by atomic mass is 9.92. The Balaban J connectivity index is 2.49. The summed E-state index contributed by atoms with van der Waals surface area (Å²) in [6.07, 6.45) is 1.43. The van der Waals surface area contributed by atoms with Crippen LogP contribution in [0.3, 0.4) is 0 Å². The number of rotatable bonds is 5. The molecule has 20 heavy (non-hydrogen) atoms. The van der Waals surface area contributed by atoms with Gasteiger partial charge in [-0.1, -0.05) is 29.8 Å². The molecule has 0 spiro atoms. The molecule has 2 rings (SSSR count). The highest BCUT2D eigenvalue weighted by atomic mass is 35.5. The van der Waals surface area contributed by atoms with Gasteiger partial charge < -0.3 is 9.84 Å². The number of hydrogen-bond donors (Lipinski definition) is 1. The van der Waals surface area contributed by atoms with Gasteiger partial charge in [0, 0.05) is 12.7 Å². The second kappa shape index (κ2) is 5.91. The molecule has 1 atom stereocenters. The molecule has 0 saturated heterocycles. The van der Waals surface area contributed by atoms with Crippen LogP contribution in [0.15, 0.2) is 30.5 Å². The van der Waals surface area contributed by atoms with Gasteiger partial charge in [-0.25, -0.2) is 4.39 Å². The summed E-state index contributed by atoms with van der Waals surface area (Å²) in [5.74, 6) is -0.493. The lowest BCUT2D eigenvalue weighted by Crippen LogP contribution is -2.29. The number of benzene rings is 1. The van der Waals surface area contributed by atoms with Crippen LogP contribution in [-0.4, -0.2) is 28.6 Å². The summed E-state index contributed by atoms with van der Waals surface area (Å²) < 4.78 is 20.5. The van der Waals surface area contributed by atoms with Gasteiger partial charge in [0.2, 0.25) is 0 Å². The minimum absolute atomic E-state index is 0.154. The van der Waals surface area contributed by atoms with Crippen molar-refractivity contribution in [3.63, 3.8) is 0 Å². The Hall–Kier alpha value is -1.43. The lowest BCUT2D eigenvalue weighted by molar-refractivity contribution is 0.0845. The Morgan fingerprint density at radius 2 is 2.15 bits per heavy atom. The molecular formula is C14H16ClFN2O2. The third-order valence-electron chi connectivity index (χ3n) is 3.16. The van der Waals surface area contributed by atoms with Gasteiger partial charge in [-0.3, -0.25) is 4.68 Å². The summed E-state index contributed by atoms with van der Waals surface area (Å²) >= 11 is 6.10. The topological polar surface area (TPSA) is 47.3 Å². The zero-order valence-corrected chi connectivity index (χ0v) is 12.1. The zero-order valence-electron chi connectivity index (χ0n) is 11.3. The first kappa shape index (κ1) is 15.0. The molecule has 1 unspecified atom stereocenters. The SMILES string of the molecule is COCCn1ncc(Cl)c1C(C)(O)c1ccccc1F. The number of halogens is 2. The average Bonchev–Trinajstić information content (AvgIpc) is 2.78. The second-order valence-electron chi connectivity index (χ2n) is 4.61. The maximum atomic E-state index is 13.9. The minimum Gasteiger partial charge on any atom is -0.383 e. The van der Waals surface area contributed by atoms with Crippen molar-refractivity contribution in [2.75, 3.05) is 13.7 Å². The van der Waals surface area contributed by atoms with E-state index in [0.29, 0.717) is 18.8 Å². The van der Waals surface area contributed by atoms with Gasteiger partial charge in [-0.05, 0) is 13.0 Å². The van der Waals surface area contributed by atoms with Gasteiger partial charge in [-0.15, -0.1) is 0 Å². The van der Waals surface area contributed by atoms with Crippen LogP contribution in [0.1, 0.15) is 18.2 Å². The van der Waals surface area contributed by atoms with Gasteiger partial charge in [-0.2, -0.15) is 5.10 Å². The molecule has 0 bridgehead atoms. The van der Waals surface area contributed by atoms with Crippen LogP contribution < -0.4 is 0 Å². The maximum absolute atomic E-state index is 13.9. The monoisotopic (exact) mass is 298 g/mol. The molecule has 0 aliphatic heterocycles. The van der Waals surface area contributed by atoms with Crippen LogP contribution in [-0.2, 0) is 16.9 Å². The fraction of sp³-hybridized carbons (Fsp3) is 0.357.